The fourth-order valence-electron chi connectivity index (χ4n) is 2.59. The Hall–Kier alpha value is -1.28. The second kappa shape index (κ2) is 3.95. The molecule has 1 aliphatic rings. The molecule has 0 saturated carbocycles. The monoisotopic (exact) mass is 217 g/mol. The van der Waals surface area contributed by atoms with Gasteiger partial charge in [-0.2, -0.15) is 0 Å². The molecule has 16 heavy (non-hydrogen) atoms. The highest BCUT2D eigenvalue weighted by Gasteiger charge is 2.21. The minimum absolute atomic E-state index is 0.413. The second-order valence-electron chi connectivity index (χ2n) is 4.66. The van der Waals surface area contributed by atoms with Gasteiger partial charge in [0.15, 0.2) is 0 Å². The maximum absolute atomic E-state index is 10.1. The van der Waals surface area contributed by atoms with Gasteiger partial charge >= 0.3 is 0 Å². The highest BCUT2D eigenvalue weighted by molar-refractivity contribution is 5.66. The van der Waals surface area contributed by atoms with Crippen LogP contribution >= 0.6 is 0 Å². The van der Waals surface area contributed by atoms with Gasteiger partial charge in [0, 0.05) is 18.7 Å². The molecule has 0 unspecified atom stereocenters. The summed E-state index contributed by atoms with van der Waals surface area (Å²) in [7, 11) is 2.14. The molecule has 2 rings (SSSR count). The molecule has 1 heterocycles. The first-order chi connectivity index (χ1) is 7.56. The average Bonchev–Trinajstić information content (AvgIpc) is 2.27. The molecule has 0 radical (unpaired) electrons. The molecule has 1 aromatic carbocycles. The quantitative estimate of drug-likeness (QED) is 0.781. The van der Waals surface area contributed by atoms with Gasteiger partial charge < -0.3 is 10.0 Å². The highest BCUT2D eigenvalue weighted by Crippen LogP contribution is 2.35. The number of phenolic OH excluding ortho intramolecular Hbond substituents is 1. The van der Waals surface area contributed by atoms with E-state index in [2.05, 4.69) is 25.5 Å². The van der Waals surface area contributed by atoms with Crippen molar-refractivity contribution in [3.63, 3.8) is 0 Å². The molecule has 0 spiro atoms. The Bertz CT molecular complexity index is 449. The van der Waals surface area contributed by atoms with E-state index < -0.39 is 0 Å². The predicted octanol–water partition coefficient (Wildman–Crippen LogP) is 2.64. The predicted molar refractivity (Wildman–Crippen MR) is 67.7 cm³/mol. The van der Waals surface area contributed by atoms with Crippen LogP contribution in [-0.2, 0) is 13.0 Å². The molecule has 0 saturated heterocycles. The Kier molecular flexibility index (Phi) is 2.76. The van der Waals surface area contributed by atoms with Gasteiger partial charge in [-0.25, -0.2) is 0 Å². The summed E-state index contributed by atoms with van der Waals surface area (Å²) in [5, 5.41) is 10.1. The highest BCUT2D eigenvalue weighted by atomic mass is 16.3. The summed E-state index contributed by atoms with van der Waals surface area (Å²) in [5.74, 6) is 0.413. The van der Waals surface area contributed by atoms with E-state index in [-0.39, 0.29) is 0 Å². The molecule has 2 nitrogen and oxygen atoms in total. The van der Waals surface area contributed by atoms with Gasteiger partial charge in [-0.05, 0) is 49.6 Å². The Balaban J connectivity index is 2.69. The zero-order valence-electron chi connectivity index (χ0n) is 10.3. The fraction of sp³-hybridized carbons (Fsp3) is 0.429. The number of benzene rings is 1. The smallest absolute Gasteiger partial charge is 0.126 e. The van der Waals surface area contributed by atoms with Gasteiger partial charge in [0.2, 0.25) is 0 Å². The average molecular weight is 217 g/mol. The SMILES string of the molecule is C=Cc1c(C)c2c(c(C)c1O)CCN(C)C2. The number of rotatable bonds is 1. The molecule has 0 bridgehead atoms. The van der Waals surface area contributed by atoms with E-state index in [4.69, 9.17) is 0 Å². The number of fused-ring (bicyclic) bond motifs is 1. The van der Waals surface area contributed by atoms with Crippen molar-refractivity contribution in [2.45, 2.75) is 26.8 Å². The van der Waals surface area contributed by atoms with Crippen LogP contribution in [0.25, 0.3) is 6.08 Å². The molecular weight excluding hydrogens is 198 g/mol. The minimum Gasteiger partial charge on any atom is -0.507 e. The molecule has 0 amide bonds. The summed E-state index contributed by atoms with van der Waals surface area (Å²) in [6.07, 6.45) is 2.79. The normalized spacial score (nSPS) is 15.9. The number of hydrogen-bond acceptors (Lipinski definition) is 2. The summed E-state index contributed by atoms with van der Waals surface area (Å²) in [6, 6.07) is 0. The largest absolute Gasteiger partial charge is 0.507 e. The molecule has 0 fully saturated rings. The van der Waals surface area contributed by atoms with Crippen LogP contribution in [0.15, 0.2) is 6.58 Å². The molecule has 2 heteroatoms. The minimum atomic E-state index is 0.413. The third kappa shape index (κ3) is 1.54. The lowest BCUT2D eigenvalue weighted by Crippen LogP contribution is -2.28. The van der Waals surface area contributed by atoms with E-state index in [1.165, 1.54) is 16.7 Å². The summed E-state index contributed by atoms with van der Waals surface area (Å²) in [5.41, 5.74) is 5.81. The van der Waals surface area contributed by atoms with Crippen LogP contribution in [0.2, 0.25) is 0 Å². The Morgan fingerprint density at radius 3 is 2.56 bits per heavy atom. The van der Waals surface area contributed by atoms with Gasteiger partial charge in [0.1, 0.15) is 5.75 Å². The Morgan fingerprint density at radius 2 is 1.94 bits per heavy atom. The topological polar surface area (TPSA) is 23.5 Å². The van der Waals surface area contributed by atoms with Crippen molar-refractivity contribution < 1.29 is 5.11 Å². The first kappa shape index (κ1) is 11.2. The van der Waals surface area contributed by atoms with Crippen LogP contribution in [0.1, 0.15) is 27.8 Å². The maximum atomic E-state index is 10.1. The van der Waals surface area contributed by atoms with Gasteiger partial charge in [0.25, 0.3) is 0 Å². The molecule has 0 atom stereocenters. The van der Waals surface area contributed by atoms with Crippen molar-refractivity contribution in [1.82, 2.24) is 4.90 Å². The lowest BCUT2D eigenvalue weighted by atomic mass is 9.87. The number of phenols is 1. The lowest BCUT2D eigenvalue weighted by molar-refractivity contribution is 0.310. The van der Waals surface area contributed by atoms with E-state index in [1.807, 2.05) is 6.92 Å². The summed E-state index contributed by atoms with van der Waals surface area (Å²) in [4.78, 5) is 2.32. The molecular formula is C14H19NO. The van der Waals surface area contributed by atoms with Gasteiger partial charge in [-0.1, -0.05) is 12.7 Å². The number of hydrogen-bond donors (Lipinski definition) is 1. The standard InChI is InChI=1S/C14H19NO/c1-5-11-9(2)13-8-15(4)7-6-12(13)10(3)14(11)16/h5,16H,1,6-8H2,2-4H3. The fourth-order valence-corrected chi connectivity index (χ4v) is 2.59. The number of aromatic hydroxyl groups is 1. The Morgan fingerprint density at radius 1 is 1.25 bits per heavy atom. The van der Waals surface area contributed by atoms with Crippen LogP contribution in [0, 0.1) is 13.8 Å². The number of likely N-dealkylation sites (N-methyl/N-ethyl adjacent to an activating group) is 1. The molecule has 1 aliphatic heterocycles. The van der Waals surface area contributed by atoms with Crippen LogP contribution in [0.4, 0.5) is 0 Å². The van der Waals surface area contributed by atoms with Gasteiger partial charge in [-0.15, -0.1) is 0 Å². The summed E-state index contributed by atoms with van der Waals surface area (Å²) in [6.45, 7) is 9.92. The van der Waals surface area contributed by atoms with Crippen molar-refractivity contribution in [2.24, 2.45) is 0 Å². The zero-order chi connectivity index (χ0) is 11.9. The zero-order valence-corrected chi connectivity index (χ0v) is 10.3. The van der Waals surface area contributed by atoms with Crippen molar-refractivity contribution in [3.8, 4) is 5.75 Å². The van der Waals surface area contributed by atoms with E-state index in [9.17, 15) is 5.11 Å². The molecule has 1 aromatic rings. The van der Waals surface area contributed by atoms with Crippen molar-refractivity contribution in [1.29, 1.82) is 0 Å². The van der Waals surface area contributed by atoms with Crippen molar-refractivity contribution in [3.05, 3.63) is 34.4 Å². The van der Waals surface area contributed by atoms with Crippen LogP contribution in [0.3, 0.4) is 0 Å². The van der Waals surface area contributed by atoms with Gasteiger partial charge in [0.05, 0.1) is 0 Å². The third-order valence-corrected chi connectivity index (χ3v) is 3.66. The number of nitrogens with zero attached hydrogens (tertiary/aromatic N) is 1. The molecule has 1 N–H and O–H groups in total. The second-order valence-corrected chi connectivity index (χ2v) is 4.66. The third-order valence-electron chi connectivity index (χ3n) is 3.66. The maximum Gasteiger partial charge on any atom is 0.126 e. The van der Waals surface area contributed by atoms with E-state index in [1.54, 1.807) is 6.08 Å². The first-order valence-electron chi connectivity index (χ1n) is 5.71. The van der Waals surface area contributed by atoms with Crippen molar-refractivity contribution in [2.75, 3.05) is 13.6 Å². The van der Waals surface area contributed by atoms with Crippen LogP contribution < -0.4 is 0 Å². The molecule has 0 aromatic heterocycles. The molecule has 0 aliphatic carbocycles. The summed E-state index contributed by atoms with van der Waals surface area (Å²) >= 11 is 0. The van der Waals surface area contributed by atoms with Crippen LogP contribution in [-0.4, -0.2) is 23.6 Å². The van der Waals surface area contributed by atoms with Crippen molar-refractivity contribution >= 4 is 6.08 Å². The van der Waals surface area contributed by atoms with E-state index in [0.717, 1.165) is 30.6 Å². The Labute approximate surface area is 97.2 Å². The van der Waals surface area contributed by atoms with Gasteiger partial charge in [-0.3, -0.25) is 0 Å². The van der Waals surface area contributed by atoms with Crippen LogP contribution in [0.5, 0.6) is 5.75 Å². The lowest BCUT2D eigenvalue weighted by Gasteiger charge is -2.29. The summed E-state index contributed by atoms with van der Waals surface area (Å²) < 4.78 is 0. The molecule has 86 valence electrons. The van der Waals surface area contributed by atoms with E-state index >= 15 is 0 Å². The van der Waals surface area contributed by atoms with E-state index in [0.29, 0.717) is 5.75 Å². The first-order valence-corrected chi connectivity index (χ1v) is 5.71.